The highest BCUT2D eigenvalue weighted by molar-refractivity contribution is 14.1. The summed E-state index contributed by atoms with van der Waals surface area (Å²) in [4.78, 5) is 34.0. The lowest BCUT2D eigenvalue weighted by Crippen LogP contribution is -2.22. The van der Waals surface area contributed by atoms with E-state index in [1.807, 2.05) is 29.5 Å². The first kappa shape index (κ1) is 18.0. The monoisotopic (exact) mass is 446 g/mol. The molecule has 1 heterocycles. The average molecular weight is 446 g/mol. The van der Waals surface area contributed by atoms with Crippen LogP contribution in [0.1, 0.15) is 12.5 Å². The van der Waals surface area contributed by atoms with Gasteiger partial charge in [-0.3, -0.25) is 10.1 Å². The zero-order chi connectivity index (χ0) is 17.7. The van der Waals surface area contributed by atoms with Gasteiger partial charge in [0.25, 0.3) is 5.91 Å². The van der Waals surface area contributed by atoms with Gasteiger partial charge in [0.15, 0.2) is 18.1 Å². The number of halogens is 1. The highest BCUT2D eigenvalue weighted by Gasteiger charge is 2.23. The molecular weight excluding hydrogens is 431 g/mol. The summed E-state index contributed by atoms with van der Waals surface area (Å²) in [5.74, 6) is -0.182. The fraction of sp³-hybridized carbons (Fsp3) is 0.267. The number of rotatable bonds is 6. The molecule has 0 bridgehead atoms. The minimum atomic E-state index is -0.566. The zero-order valence-corrected chi connectivity index (χ0v) is 15.1. The smallest absolute Gasteiger partial charge is 0.343 e. The summed E-state index contributed by atoms with van der Waals surface area (Å²) >= 11 is 2.03. The second kappa shape index (κ2) is 7.99. The molecule has 0 saturated carbocycles. The van der Waals surface area contributed by atoms with Gasteiger partial charge in [-0.25, -0.2) is 9.59 Å². The number of benzene rings is 1. The molecule has 2 N–H and O–H groups in total. The van der Waals surface area contributed by atoms with E-state index in [4.69, 9.17) is 9.47 Å². The van der Waals surface area contributed by atoms with Crippen LogP contribution in [0.5, 0.6) is 11.5 Å². The maximum Gasteiger partial charge on any atom is 0.343 e. The largest absolute Gasteiger partial charge is 0.490 e. The molecule has 9 heteroatoms. The molecule has 8 nitrogen and oxygen atoms in total. The molecule has 1 saturated heterocycles. The number of imide groups is 1. The topological polar surface area (TPSA) is 103 Å². The van der Waals surface area contributed by atoms with Gasteiger partial charge in [0, 0.05) is 0 Å². The Hall–Kier alpha value is -2.30. The third kappa shape index (κ3) is 4.37. The SMILES string of the molecule is CCOc1cc(/C=C2/NC(=O)NC2=O)cc(I)c1OCC(=O)OC. The van der Waals surface area contributed by atoms with Crippen molar-refractivity contribution in [2.24, 2.45) is 0 Å². The molecule has 0 aliphatic carbocycles. The molecule has 0 aromatic heterocycles. The molecule has 0 spiro atoms. The van der Waals surface area contributed by atoms with E-state index in [1.54, 1.807) is 12.1 Å². The first-order valence-electron chi connectivity index (χ1n) is 6.94. The summed E-state index contributed by atoms with van der Waals surface area (Å²) in [6.07, 6.45) is 1.52. The number of methoxy groups -OCH3 is 1. The van der Waals surface area contributed by atoms with Crippen molar-refractivity contribution in [3.63, 3.8) is 0 Å². The molecule has 1 fully saturated rings. The van der Waals surface area contributed by atoms with Crippen molar-refractivity contribution < 1.29 is 28.6 Å². The highest BCUT2D eigenvalue weighted by Crippen LogP contribution is 2.35. The van der Waals surface area contributed by atoms with Gasteiger partial charge in [-0.2, -0.15) is 0 Å². The van der Waals surface area contributed by atoms with Gasteiger partial charge in [0.2, 0.25) is 0 Å². The number of carbonyl (C=O) groups excluding carboxylic acids is 3. The van der Waals surface area contributed by atoms with Gasteiger partial charge >= 0.3 is 12.0 Å². The van der Waals surface area contributed by atoms with Crippen LogP contribution in [0.3, 0.4) is 0 Å². The molecule has 0 unspecified atom stereocenters. The number of hydrogen-bond donors (Lipinski definition) is 2. The van der Waals surface area contributed by atoms with Crippen LogP contribution >= 0.6 is 22.6 Å². The number of amides is 3. The summed E-state index contributed by atoms with van der Waals surface area (Å²) in [5, 5.41) is 4.54. The number of carbonyl (C=O) groups is 3. The quantitative estimate of drug-likeness (QED) is 0.297. The Kier molecular flexibility index (Phi) is 6.01. The zero-order valence-electron chi connectivity index (χ0n) is 13.0. The van der Waals surface area contributed by atoms with Crippen LogP contribution in [0.4, 0.5) is 4.79 Å². The Balaban J connectivity index is 2.32. The predicted molar refractivity (Wildman–Crippen MR) is 92.5 cm³/mol. The molecule has 0 atom stereocenters. The molecule has 1 aliphatic heterocycles. The van der Waals surface area contributed by atoms with Gasteiger partial charge in [-0.15, -0.1) is 0 Å². The predicted octanol–water partition coefficient (Wildman–Crippen LogP) is 1.42. The number of nitrogens with one attached hydrogen (secondary N) is 2. The van der Waals surface area contributed by atoms with E-state index in [2.05, 4.69) is 15.4 Å². The van der Waals surface area contributed by atoms with Crippen molar-refractivity contribution in [3.8, 4) is 11.5 Å². The van der Waals surface area contributed by atoms with E-state index in [1.165, 1.54) is 13.2 Å². The summed E-state index contributed by atoms with van der Waals surface area (Å²) < 4.78 is 16.2. The number of hydrogen-bond acceptors (Lipinski definition) is 6. The van der Waals surface area contributed by atoms with E-state index >= 15 is 0 Å². The Morgan fingerprint density at radius 2 is 2.00 bits per heavy atom. The van der Waals surface area contributed by atoms with Gasteiger partial charge in [0.1, 0.15) is 5.70 Å². The molecule has 24 heavy (non-hydrogen) atoms. The van der Waals surface area contributed by atoms with Gasteiger partial charge in [-0.1, -0.05) is 0 Å². The van der Waals surface area contributed by atoms with Crippen molar-refractivity contribution in [1.29, 1.82) is 0 Å². The molecule has 1 aromatic rings. The van der Waals surface area contributed by atoms with Crippen LogP contribution in [0.25, 0.3) is 6.08 Å². The Morgan fingerprint density at radius 3 is 2.58 bits per heavy atom. The van der Waals surface area contributed by atoms with Gasteiger partial charge < -0.3 is 19.5 Å². The number of urea groups is 1. The van der Waals surface area contributed by atoms with Crippen LogP contribution in [0, 0.1) is 3.57 Å². The molecule has 0 radical (unpaired) electrons. The second-order valence-electron chi connectivity index (χ2n) is 4.59. The van der Waals surface area contributed by atoms with Crippen LogP contribution in [0.2, 0.25) is 0 Å². The van der Waals surface area contributed by atoms with Gasteiger partial charge in [-0.05, 0) is 53.3 Å². The lowest BCUT2D eigenvalue weighted by molar-refractivity contribution is -0.143. The summed E-state index contributed by atoms with van der Waals surface area (Å²) in [7, 11) is 1.27. The third-order valence-electron chi connectivity index (χ3n) is 2.92. The fourth-order valence-electron chi connectivity index (χ4n) is 1.91. The van der Waals surface area contributed by atoms with E-state index in [0.29, 0.717) is 27.2 Å². The van der Waals surface area contributed by atoms with Crippen molar-refractivity contribution in [2.75, 3.05) is 20.3 Å². The van der Waals surface area contributed by atoms with E-state index in [-0.39, 0.29) is 12.3 Å². The molecule has 1 aromatic carbocycles. The lowest BCUT2D eigenvalue weighted by Gasteiger charge is -2.14. The standard InChI is InChI=1S/C15H15IN2O6/c1-3-23-11-6-8(5-10-14(20)18-15(21)17-10)4-9(16)13(11)24-7-12(19)22-2/h4-6H,3,7H2,1-2H3,(H2,17,18,20,21)/b10-5+. The van der Waals surface area contributed by atoms with Crippen molar-refractivity contribution >= 4 is 46.6 Å². The summed E-state index contributed by atoms with van der Waals surface area (Å²) in [6, 6.07) is 2.83. The normalized spacial score (nSPS) is 15.0. The van der Waals surface area contributed by atoms with E-state index in [0.717, 1.165) is 0 Å². The molecule has 128 valence electrons. The minimum absolute atomic E-state index is 0.140. The maximum atomic E-state index is 11.6. The molecule has 2 rings (SSSR count). The molecule has 1 aliphatic rings. The third-order valence-corrected chi connectivity index (χ3v) is 3.73. The van der Waals surface area contributed by atoms with Crippen LogP contribution < -0.4 is 20.1 Å². The van der Waals surface area contributed by atoms with Crippen LogP contribution in [-0.4, -0.2) is 38.2 Å². The first-order chi connectivity index (χ1) is 11.4. The maximum absolute atomic E-state index is 11.6. The summed E-state index contributed by atoms with van der Waals surface area (Å²) in [6.45, 7) is 1.96. The van der Waals surface area contributed by atoms with Crippen molar-refractivity contribution in [2.45, 2.75) is 6.92 Å². The van der Waals surface area contributed by atoms with Gasteiger partial charge in [0.05, 0.1) is 17.3 Å². The lowest BCUT2D eigenvalue weighted by atomic mass is 10.1. The van der Waals surface area contributed by atoms with Crippen LogP contribution in [0.15, 0.2) is 17.8 Å². The second-order valence-corrected chi connectivity index (χ2v) is 5.76. The van der Waals surface area contributed by atoms with Crippen molar-refractivity contribution in [3.05, 3.63) is 27.0 Å². The molecular formula is C15H15IN2O6. The minimum Gasteiger partial charge on any atom is -0.490 e. The molecule has 3 amide bonds. The highest BCUT2D eigenvalue weighted by atomic mass is 127. The average Bonchev–Trinajstić information content (AvgIpc) is 2.84. The van der Waals surface area contributed by atoms with Crippen LogP contribution in [-0.2, 0) is 14.3 Å². The van der Waals surface area contributed by atoms with E-state index in [9.17, 15) is 14.4 Å². The van der Waals surface area contributed by atoms with Crippen molar-refractivity contribution in [1.82, 2.24) is 10.6 Å². The first-order valence-corrected chi connectivity index (χ1v) is 8.02. The number of ether oxygens (including phenoxy) is 3. The Labute approximate surface area is 151 Å². The van der Waals surface area contributed by atoms with E-state index < -0.39 is 17.9 Å². The Morgan fingerprint density at radius 1 is 1.25 bits per heavy atom. The summed E-state index contributed by atoms with van der Waals surface area (Å²) in [5.41, 5.74) is 0.780. The Bertz CT molecular complexity index is 716. The fourth-order valence-corrected chi connectivity index (χ4v) is 2.69. The number of esters is 1.